The standard InChI is InChI=1S/C8HClF14O2.Na/c9-8(22,23)7(20,21)6(18,19)5(16,17)4(14,15)3(12,13)2(10,11)1(24)25;/h(H,24,25);/q;+1/p-1. The minimum absolute atomic E-state index is 0. The van der Waals surface area contributed by atoms with Gasteiger partial charge in [-0.15, -0.1) is 0 Å². The quantitative estimate of drug-likeness (QED) is 0.319. The number of carbonyl (C=O) groups is 1. The van der Waals surface area contributed by atoms with Crippen molar-refractivity contribution in [3.63, 3.8) is 0 Å². The normalized spacial score (nSPS) is 15.5. The van der Waals surface area contributed by atoms with Crippen LogP contribution in [0, 0.1) is 0 Å². The van der Waals surface area contributed by atoms with Gasteiger partial charge in [-0.1, -0.05) is 0 Å². The zero-order valence-corrected chi connectivity index (χ0v) is 14.2. The summed E-state index contributed by atoms with van der Waals surface area (Å²) in [6.45, 7) is 0. The van der Waals surface area contributed by atoms with Crippen molar-refractivity contribution in [1.29, 1.82) is 0 Å². The van der Waals surface area contributed by atoms with Crippen LogP contribution in [-0.4, -0.2) is 46.9 Å². The molecule has 26 heavy (non-hydrogen) atoms. The van der Waals surface area contributed by atoms with Crippen molar-refractivity contribution in [2.24, 2.45) is 0 Å². The Morgan fingerprint density at radius 2 is 0.808 bits per heavy atom. The number of carboxylic acids is 1. The van der Waals surface area contributed by atoms with Gasteiger partial charge in [0.2, 0.25) is 0 Å². The van der Waals surface area contributed by atoms with Crippen LogP contribution in [0.1, 0.15) is 0 Å². The predicted molar refractivity (Wildman–Crippen MR) is 45.5 cm³/mol. The molecule has 0 aliphatic heterocycles. The number of rotatable bonds is 7. The van der Waals surface area contributed by atoms with E-state index >= 15 is 0 Å². The van der Waals surface area contributed by atoms with Crippen molar-refractivity contribution >= 4 is 17.6 Å². The molecule has 0 bridgehead atoms. The molecule has 0 radical (unpaired) electrons. The maximum atomic E-state index is 12.9. The third kappa shape index (κ3) is 3.45. The van der Waals surface area contributed by atoms with Gasteiger partial charge in [0.05, 0.1) is 0 Å². The average molecular weight is 453 g/mol. The van der Waals surface area contributed by atoms with Gasteiger partial charge in [-0.2, -0.15) is 61.5 Å². The van der Waals surface area contributed by atoms with E-state index in [0.717, 1.165) is 0 Å². The Morgan fingerprint density at radius 3 is 1.04 bits per heavy atom. The first kappa shape index (κ1) is 28.0. The summed E-state index contributed by atoms with van der Waals surface area (Å²) in [5.41, 5.74) is 0. The van der Waals surface area contributed by atoms with Crippen LogP contribution < -0.4 is 34.7 Å². The number of hydrogen-bond donors (Lipinski definition) is 0. The molecule has 0 N–H and O–H groups in total. The number of carboxylic acid groups (broad SMARTS) is 1. The summed E-state index contributed by atoms with van der Waals surface area (Å²) in [4.78, 5) is 9.65. The monoisotopic (exact) mass is 452 g/mol. The van der Waals surface area contributed by atoms with Crippen molar-refractivity contribution < 1.29 is 101 Å². The molecule has 0 aromatic carbocycles. The molecule has 2 nitrogen and oxygen atoms in total. The Kier molecular flexibility index (Phi) is 7.52. The maximum Gasteiger partial charge on any atom is 1.00 e. The molecule has 0 rings (SSSR count). The number of aliphatic carboxylic acids is 1. The van der Waals surface area contributed by atoms with Crippen LogP contribution in [0.15, 0.2) is 0 Å². The summed E-state index contributed by atoms with van der Waals surface area (Å²) in [5, 5.41) is 2.92. The molecule has 0 aromatic rings. The number of alkyl halides is 15. The van der Waals surface area contributed by atoms with Crippen LogP contribution in [0.4, 0.5) is 61.5 Å². The number of hydrogen-bond acceptors (Lipinski definition) is 2. The van der Waals surface area contributed by atoms with Crippen LogP contribution in [0.2, 0.25) is 0 Å². The second-order valence-electron chi connectivity index (χ2n) is 4.23. The molecule has 0 aliphatic carbocycles. The number of halogens is 15. The van der Waals surface area contributed by atoms with E-state index in [1.54, 1.807) is 0 Å². The molecule has 0 fully saturated rings. The van der Waals surface area contributed by atoms with E-state index in [1.807, 2.05) is 0 Å². The zero-order chi connectivity index (χ0) is 21.1. The van der Waals surface area contributed by atoms with Crippen molar-refractivity contribution in [3.8, 4) is 0 Å². The SMILES string of the molecule is O=C([O-])C(F)(F)C(F)(F)C(F)(F)C(F)(F)C(F)(F)C(F)(F)C(F)(F)Cl.[Na+]. The minimum atomic E-state index is -8.34. The van der Waals surface area contributed by atoms with Gasteiger partial charge in [0.25, 0.3) is 0 Å². The van der Waals surface area contributed by atoms with E-state index in [0.29, 0.717) is 0 Å². The fourth-order valence-electron chi connectivity index (χ4n) is 1.09. The van der Waals surface area contributed by atoms with Gasteiger partial charge in [-0.3, -0.25) is 0 Å². The van der Waals surface area contributed by atoms with Crippen molar-refractivity contribution in [1.82, 2.24) is 0 Å². The molecular weight excluding hydrogens is 453 g/mol. The first-order valence-corrected chi connectivity index (χ1v) is 5.37. The minimum Gasteiger partial charge on any atom is -0.544 e. The Hall–Kier alpha value is -0.220. The maximum absolute atomic E-state index is 12.9. The second kappa shape index (κ2) is 6.99. The fraction of sp³-hybridized carbons (Fsp3) is 0.875. The summed E-state index contributed by atoms with van der Waals surface area (Å²) >= 11 is 3.34. The second-order valence-corrected chi connectivity index (χ2v) is 4.71. The summed E-state index contributed by atoms with van der Waals surface area (Å²) in [6.07, 6.45) is 0. The van der Waals surface area contributed by atoms with Gasteiger partial charge >= 0.3 is 70.5 Å². The molecule has 150 valence electrons. The molecule has 0 unspecified atom stereocenters. The topological polar surface area (TPSA) is 40.1 Å². The van der Waals surface area contributed by atoms with Gasteiger partial charge in [0.1, 0.15) is 5.97 Å². The van der Waals surface area contributed by atoms with E-state index in [4.69, 9.17) is 0 Å². The molecule has 0 amide bonds. The molecule has 0 saturated carbocycles. The molecular formula is C8ClF14NaO2. The van der Waals surface area contributed by atoms with Crippen LogP contribution >= 0.6 is 11.6 Å². The van der Waals surface area contributed by atoms with Gasteiger partial charge in [0.15, 0.2) is 0 Å². The van der Waals surface area contributed by atoms with Crippen molar-refractivity contribution in [2.75, 3.05) is 0 Å². The molecule has 0 atom stereocenters. The Balaban J connectivity index is 0. The van der Waals surface area contributed by atoms with E-state index in [-0.39, 0.29) is 29.6 Å². The first-order chi connectivity index (χ1) is 10.4. The molecule has 0 spiro atoms. The van der Waals surface area contributed by atoms with Crippen molar-refractivity contribution in [3.05, 3.63) is 0 Å². The van der Waals surface area contributed by atoms with Crippen LogP contribution in [0.25, 0.3) is 0 Å². The zero-order valence-electron chi connectivity index (χ0n) is 11.5. The van der Waals surface area contributed by atoms with Gasteiger partial charge in [-0.25, -0.2) is 0 Å². The van der Waals surface area contributed by atoms with E-state index < -0.39 is 46.9 Å². The fourth-order valence-corrected chi connectivity index (χ4v) is 1.21. The van der Waals surface area contributed by atoms with E-state index in [9.17, 15) is 71.4 Å². The molecule has 18 heteroatoms. The Labute approximate surface area is 159 Å². The molecule has 0 heterocycles. The van der Waals surface area contributed by atoms with Gasteiger partial charge < -0.3 is 9.90 Å². The third-order valence-corrected chi connectivity index (χ3v) is 2.82. The smallest absolute Gasteiger partial charge is 0.544 e. The van der Waals surface area contributed by atoms with E-state index in [2.05, 4.69) is 11.6 Å². The summed E-state index contributed by atoms with van der Waals surface area (Å²) < 4.78 is 177. The van der Waals surface area contributed by atoms with Crippen molar-refractivity contribution in [2.45, 2.75) is 40.9 Å². The van der Waals surface area contributed by atoms with Crippen LogP contribution in [-0.2, 0) is 4.79 Å². The summed E-state index contributed by atoms with van der Waals surface area (Å²) in [6, 6.07) is 0. The Morgan fingerprint density at radius 1 is 0.577 bits per heavy atom. The third-order valence-electron chi connectivity index (χ3n) is 2.58. The van der Waals surface area contributed by atoms with Crippen LogP contribution in [0.3, 0.4) is 0 Å². The van der Waals surface area contributed by atoms with Crippen LogP contribution in [0.5, 0.6) is 0 Å². The summed E-state index contributed by atoms with van der Waals surface area (Å²) in [5.74, 6) is -52.2. The van der Waals surface area contributed by atoms with E-state index in [1.165, 1.54) is 0 Å². The predicted octanol–water partition coefficient (Wildman–Crippen LogP) is 0.384. The Bertz CT molecular complexity index is 542. The largest absolute Gasteiger partial charge is 1.00 e. The average Bonchev–Trinajstić information content (AvgIpc) is 2.35. The molecule has 0 aromatic heterocycles. The van der Waals surface area contributed by atoms with Gasteiger partial charge in [0, 0.05) is 0 Å². The van der Waals surface area contributed by atoms with Gasteiger partial charge in [-0.05, 0) is 11.6 Å². The first-order valence-electron chi connectivity index (χ1n) is 4.99. The summed E-state index contributed by atoms with van der Waals surface area (Å²) in [7, 11) is 0. The molecule has 0 saturated heterocycles. The number of carbonyl (C=O) groups excluding carboxylic acids is 1. The molecule has 0 aliphatic rings.